The Labute approximate surface area is 178 Å². The van der Waals surface area contributed by atoms with Crippen molar-refractivity contribution in [1.82, 2.24) is 15.4 Å². The minimum Gasteiger partial charge on any atom is -0.477 e. The van der Waals surface area contributed by atoms with Gasteiger partial charge in [0.15, 0.2) is 0 Å². The molecule has 0 spiro atoms. The number of epoxide rings is 1. The molecule has 0 aromatic carbocycles. The standard InChI is InChI=1S/C24H43N3O2/c1(2-4-6-8-10-12-14-16-18-23-22-29-23)3-5-7-9-11-13-15-17-21-28-24-19-20-25-27-26-24/h19-20,23H,1-18,21-22H2. The molecule has 1 aromatic rings. The van der Waals surface area contributed by atoms with Crippen LogP contribution in [0.2, 0.25) is 0 Å². The van der Waals surface area contributed by atoms with Crippen molar-refractivity contribution < 1.29 is 9.47 Å². The third-order valence-electron chi connectivity index (χ3n) is 5.80. The summed E-state index contributed by atoms with van der Waals surface area (Å²) in [5, 5.41) is 11.0. The number of nitrogens with zero attached hydrogens (tertiary/aromatic N) is 3. The SMILES string of the molecule is c1cc(OCCCCCCCCCCCCCCCCCCCC2CO2)nnn1. The van der Waals surface area contributed by atoms with Crippen molar-refractivity contribution in [3.05, 3.63) is 12.3 Å². The maximum absolute atomic E-state index is 5.53. The lowest BCUT2D eigenvalue weighted by atomic mass is 10.0. The van der Waals surface area contributed by atoms with Gasteiger partial charge in [-0.1, -0.05) is 108 Å². The predicted octanol–water partition coefficient (Wildman–Crippen LogP) is 6.67. The third kappa shape index (κ3) is 15.3. The molecule has 0 radical (unpaired) electrons. The second kappa shape index (κ2) is 17.6. The average molecular weight is 406 g/mol. The molecule has 0 amide bonds. The van der Waals surface area contributed by atoms with E-state index in [4.69, 9.17) is 9.47 Å². The van der Waals surface area contributed by atoms with Crippen LogP contribution in [-0.4, -0.2) is 34.7 Å². The summed E-state index contributed by atoms with van der Waals surface area (Å²) < 4.78 is 10.8. The molecule has 1 atom stereocenters. The quantitative estimate of drug-likeness (QED) is 0.169. The second-order valence-electron chi connectivity index (χ2n) is 8.56. The Bertz CT molecular complexity index is 468. The monoisotopic (exact) mass is 405 g/mol. The van der Waals surface area contributed by atoms with Gasteiger partial charge in [0.2, 0.25) is 5.88 Å². The summed E-state index contributed by atoms with van der Waals surface area (Å²) in [6.07, 6.45) is 27.1. The molecule has 2 heterocycles. The van der Waals surface area contributed by atoms with Crippen LogP contribution in [0, 0.1) is 0 Å². The fourth-order valence-corrected chi connectivity index (χ4v) is 3.84. The van der Waals surface area contributed by atoms with Crippen molar-refractivity contribution in [2.45, 2.75) is 122 Å². The van der Waals surface area contributed by atoms with Crippen LogP contribution >= 0.6 is 0 Å². The highest BCUT2D eigenvalue weighted by Crippen LogP contribution is 2.18. The molecule has 1 fully saturated rings. The molecule has 0 bridgehead atoms. The first-order valence-corrected chi connectivity index (χ1v) is 12.3. The van der Waals surface area contributed by atoms with E-state index < -0.39 is 0 Å². The number of hydrogen-bond acceptors (Lipinski definition) is 5. The highest BCUT2D eigenvalue weighted by molar-refractivity contribution is 5.01. The Balaban J connectivity index is 1.18. The largest absolute Gasteiger partial charge is 0.477 e. The van der Waals surface area contributed by atoms with E-state index in [-0.39, 0.29) is 0 Å². The number of aromatic nitrogens is 3. The van der Waals surface area contributed by atoms with Gasteiger partial charge in [0.05, 0.1) is 25.5 Å². The number of hydrogen-bond donors (Lipinski definition) is 0. The van der Waals surface area contributed by atoms with Gasteiger partial charge in [-0.2, -0.15) is 0 Å². The van der Waals surface area contributed by atoms with E-state index in [1.165, 1.54) is 109 Å². The van der Waals surface area contributed by atoms with Crippen molar-refractivity contribution in [2.75, 3.05) is 13.2 Å². The summed E-state index contributed by atoms with van der Waals surface area (Å²) in [5.41, 5.74) is 0. The lowest BCUT2D eigenvalue weighted by Gasteiger charge is -2.05. The molecular formula is C24H43N3O2. The van der Waals surface area contributed by atoms with Crippen LogP contribution in [0.5, 0.6) is 5.88 Å². The van der Waals surface area contributed by atoms with E-state index in [2.05, 4.69) is 15.4 Å². The van der Waals surface area contributed by atoms with Crippen molar-refractivity contribution in [1.29, 1.82) is 0 Å². The zero-order valence-corrected chi connectivity index (χ0v) is 18.5. The minimum atomic E-state index is 0.579. The Morgan fingerprint density at radius 2 is 1.21 bits per heavy atom. The van der Waals surface area contributed by atoms with E-state index in [0.717, 1.165) is 19.6 Å². The molecule has 0 saturated carbocycles. The molecular weight excluding hydrogens is 362 g/mol. The van der Waals surface area contributed by atoms with Gasteiger partial charge in [-0.25, -0.2) is 0 Å². The molecule has 1 aliphatic rings. The first kappa shape index (κ1) is 24.0. The molecule has 166 valence electrons. The summed E-state index contributed by atoms with van der Waals surface area (Å²) in [7, 11) is 0. The number of ether oxygens (including phenoxy) is 2. The van der Waals surface area contributed by atoms with Gasteiger partial charge >= 0.3 is 0 Å². The van der Waals surface area contributed by atoms with E-state index in [0.29, 0.717) is 12.0 Å². The Morgan fingerprint density at radius 1 is 0.724 bits per heavy atom. The van der Waals surface area contributed by atoms with Gasteiger partial charge < -0.3 is 9.47 Å². The number of unbranched alkanes of at least 4 members (excludes halogenated alkanes) is 16. The maximum atomic E-state index is 5.53. The average Bonchev–Trinajstić information content (AvgIpc) is 3.57. The van der Waals surface area contributed by atoms with E-state index >= 15 is 0 Å². The zero-order chi connectivity index (χ0) is 20.2. The number of rotatable bonds is 21. The van der Waals surface area contributed by atoms with Crippen molar-refractivity contribution in [2.24, 2.45) is 0 Å². The molecule has 1 aromatic heterocycles. The summed E-state index contributed by atoms with van der Waals surface area (Å²) in [5.74, 6) is 0.579. The molecule has 1 saturated heterocycles. The Hall–Kier alpha value is -1.23. The van der Waals surface area contributed by atoms with Crippen LogP contribution in [-0.2, 0) is 4.74 Å². The second-order valence-corrected chi connectivity index (χ2v) is 8.56. The Kier molecular flexibility index (Phi) is 14.6. The summed E-state index contributed by atoms with van der Waals surface area (Å²) in [4.78, 5) is 0. The molecule has 2 rings (SSSR count). The molecule has 5 nitrogen and oxygen atoms in total. The summed E-state index contributed by atoms with van der Waals surface area (Å²) >= 11 is 0. The van der Waals surface area contributed by atoms with Gasteiger partial charge in [0.1, 0.15) is 0 Å². The first-order chi connectivity index (χ1) is 14.4. The lowest BCUT2D eigenvalue weighted by Crippen LogP contribution is -2.00. The topological polar surface area (TPSA) is 60.4 Å². The molecule has 0 N–H and O–H groups in total. The van der Waals surface area contributed by atoms with Crippen molar-refractivity contribution in [3.8, 4) is 5.88 Å². The molecule has 1 unspecified atom stereocenters. The van der Waals surface area contributed by atoms with Gasteiger partial charge in [-0.05, 0) is 18.1 Å². The van der Waals surface area contributed by atoms with Crippen LogP contribution in [0.3, 0.4) is 0 Å². The fourth-order valence-electron chi connectivity index (χ4n) is 3.84. The lowest BCUT2D eigenvalue weighted by molar-refractivity contribution is 0.288. The maximum Gasteiger partial charge on any atom is 0.236 e. The first-order valence-electron chi connectivity index (χ1n) is 12.3. The predicted molar refractivity (Wildman–Crippen MR) is 118 cm³/mol. The van der Waals surface area contributed by atoms with Gasteiger partial charge in [-0.3, -0.25) is 0 Å². The highest BCUT2D eigenvalue weighted by Gasteiger charge is 2.20. The minimum absolute atomic E-state index is 0.579. The van der Waals surface area contributed by atoms with Crippen LogP contribution in [0.15, 0.2) is 12.3 Å². The van der Waals surface area contributed by atoms with E-state index in [1.54, 1.807) is 12.3 Å². The molecule has 0 aliphatic carbocycles. The normalized spacial score (nSPS) is 15.5. The van der Waals surface area contributed by atoms with E-state index in [9.17, 15) is 0 Å². The van der Waals surface area contributed by atoms with Crippen molar-refractivity contribution in [3.63, 3.8) is 0 Å². The highest BCUT2D eigenvalue weighted by atomic mass is 16.6. The van der Waals surface area contributed by atoms with Crippen LogP contribution in [0.1, 0.15) is 116 Å². The van der Waals surface area contributed by atoms with Gasteiger partial charge in [0, 0.05) is 6.07 Å². The zero-order valence-electron chi connectivity index (χ0n) is 18.5. The fraction of sp³-hybridized carbons (Fsp3) is 0.875. The van der Waals surface area contributed by atoms with Gasteiger partial charge in [0.25, 0.3) is 0 Å². The summed E-state index contributed by atoms with van der Waals surface area (Å²) in [6, 6.07) is 1.75. The molecule has 1 aliphatic heterocycles. The van der Waals surface area contributed by atoms with Crippen molar-refractivity contribution >= 4 is 0 Å². The summed E-state index contributed by atoms with van der Waals surface area (Å²) in [6.45, 7) is 1.76. The Morgan fingerprint density at radius 3 is 1.66 bits per heavy atom. The van der Waals surface area contributed by atoms with Crippen LogP contribution < -0.4 is 4.74 Å². The van der Waals surface area contributed by atoms with Gasteiger partial charge in [-0.15, -0.1) is 5.10 Å². The molecule has 5 heteroatoms. The third-order valence-corrected chi connectivity index (χ3v) is 5.80. The smallest absolute Gasteiger partial charge is 0.236 e. The van der Waals surface area contributed by atoms with E-state index in [1.807, 2.05) is 0 Å². The molecule has 29 heavy (non-hydrogen) atoms. The van der Waals surface area contributed by atoms with Crippen LogP contribution in [0.25, 0.3) is 0 Å². The van der Waals surface area contributed by atoms with Crippen LogP contribution in [0.4, 0.5) is 0 Å².